The summed E-state index contributed by atoms with van der Waals surface area (Å²) in [7, 11) is 1.67. The third-order valence-electron chi connectivity index (χ3n) is 10.2. The molecule has 1 atom stereocenters. The fourth-order valence-corrected chi connectivity index (χ4v) is 9.28. The summed E-state index contributed by atoms with van der Waals surface area (Å²) in [5.74, 6) is 0.936. The molecule has 1 saturated heterocycles. The maximum atomic E-state index is 14.4. The Kier molecular flexibility index (Phi) is 10.6. The molecule has 1 amide bonds. The number of morpholine rings is 1. The highest BCUT2D eigenvalue weighted by Gasteiger charge is 2.36. The van der Waals surface area contributed by atoms with Crippen LogP contribution in [0.1, 0.15) is 66.7 Å². The highest BCUT2D eigenvalue weighted by Crippen LogP contribution is 2.41. The number of aryl methyl sites for hydroxylation is 2. The van der Waals surface area contributed by atoms with E-state index in [0.29, 0.717) is 54.7 Å². The lowest BCUT2D eigenvalue weighted by Gasteiger charge is -2.28. The number of rotatable bonds is 10. The minimum atomic E-state index is -0.232. The van der Waals surface area contributed by atoms with E-state index in [1.54, 1.807) is 33.2 Å². The van der Waals surface area contributed by atoms with E-state index in [-0.39, 0.29) is 45.4 Å². The average molecular weight is 749 g/mol. The van der Waals surface area contributed by atoms with Crippen LogP contribution in [0.5, 0.6) is 0 Å². The summed E-state index contributed by atoms with van der Waals surface area (Å²) in [6, 6.07) is 19.6. The molecule has 2 fully saturated rings. The van der Waals surface area contributed by atoms with Gasteiger partial charge in [-0.2, -0.15) is 0 Å². The molecule has 2 aromatic carbocycles. The molecule has 0 bridgehead atoms. The Morgan fingerprint density at radius 2 is 1.78 bits per heavy atom. The second-order valence-corrected chi connectivity index (χ2v) is 17.9. The molecule has 0 radical (unpaired) electrons. The number of carbonyl (C=O) groups is 1. The average Bonchev–Trinajstić information content (AvgIpc) is 3.99. The van der Waals surface area contributed by atoms with Crippen LogP contribution in [0.15, 0.2) is 82.6 Å². The number of aromatic nitrogens is 3. The van der Waals surface area contributed by atoms with E-state index in [1.807, 2.05) is 43.5 Å². The van der Waals surface area contributed by atoms with Gasteiger partial charge in [-0.1, -0.05) is 45.0 Å². The molecule has 7 rings (SSSR count). The number of anilines is 2. The minimum absolute atomic E-state index is 0.0322. The molecule has 1 aliphatic heterocycles. The highest BCUT2D eigenvalue weighted by molar-refractivity contribution is 7.96. The van der Waals surface area contributed by atoms with Gasteiger partial charge in [0.1, 0.15) is 11.5 Å². The zero-order valence-corrected chi connectivity index (χ0v) is 33.1. The molecule has 10 nitrogen and oxygen atoms in total. The van der Waals surface area contributed by atoms with Crippen molar-refractivity contribution >= 4 is 39.1 Å². The van der Waals surface area contributed by atoms with Gasteiger partial charge < -0.3 is 24.3 Å². The van der Waals surface area contributed by atoms with E-state index < -0.39 is 0 Å². The molecule has 2 aliphatic rings. The zero-order valence-electron chi connectivity index (χ0n) is 32.3. The lowest BCUT2D eigenvalue weighted by Crippen LogP contribution is -2.40. The zero-order chi connectivity index (χ0) is 38.3. The van der Waals surface area contributed by atoms with Crippen molar-refractivity contribution in [2.24, 2.45) is 12.5 Å². The molecular formula is C43H50N5O5S+. The maximum absolute atomic E-state index is 14.4. The monoisotopic (exact) mass is 748 g/mol. The molecule has 1 saturated carbocycles. The van der Waals surface area contributed by atoms with Crippen molar-refractivity contribution < 1.29 is 14.3 Å². The Morgan fingerprint density at radius 3 is 2.44 bits per heavy atom. The Morgan fingerprint density at radius 1 is 1.02 bits per heavy atom. The van der Waals surface area contributed by atoms with Crippen LogP contribution in [0.2, 0.25) is 0 Å². The second kappa shape index (κ2) is 15.2. The number of pyridine rings is 3. The fourth-order valence-electron chi connectivity index (χ4n) is 7.52. The molecule has 0 unspecified atom stereocenters. The highest BCUT2D eigenvalue weighted by atomic mass is 32.2. The van der Waals surface area contributed by atoms with Gasteiger partial charge in [-0.15, -0.1) is 0 Å². The number of fused-ring (bicyclic) bond motifs is 1. The van der Waals surface area contributed by atoms with Crippen molar-refractivity contribution in [1.82, 2.24) is 19.0 Å². The molecule has 11 heteroatoms. The van der Waals surface area contributed by atoms with E-state index in [4.69, 9.17) is 9.47 Å². The van der Waals surface area contributed by atoms with Crippen LogP contribution in [0.4, 0.5) is 11.5 Å². The van der Waals surface area contributed by atoms with E-state index in [9.17, 15) is 14.4 Å². The van der Waals surface area contributed by atoms with Gasteiger partial charge in [-0.05, 0) is 78.6 Å². The number of carbonyl (C=O) groups excluding carboxylic acids is 1. The van der Waals surface area contributed by atoms with Crippen molar-refractivity contribution in [1.29, 1.82) is 0 Å². The minimum Gasteiger partial charge on any atom is -0.378 e. The number of ether oxygens (including phenoxy) is 2. The Balaban J connectivity index is 1.30. The summed E-state index contributed by atoms with van der Waals surface area (Å²) in [6.45, 7) is 10.9. The number of nitrogens with zero attached hydrogens (tertiary/aromatic N) is 4. The van der Waals surface area contributed by atoms with Crippen molar-refractivity contribution in [2.75, 3.05) is 44.1 Å². The van der Waals surface area contributed by atoms with Crippen molar-refractivity contribution in [2.45, 2.75) is 58.5 Å². The van der Waals surface area contributed by atoms with Gasteiger partial charge in [0, 0.05) is 71.0 Å². The maximum Gasteiger partial charge on any atom is 0.274 e. The third-order valence-corrected chi connectivity index (χ3v) is 11.9. The van der Waals surface area contributed by atoms with Gasteiger partial charge in [-0.3, -0.25) is 19.0 Å². The summed E-state index contributed by atoms with van der Waals surface area (Å²) in [5, 5.41) is 4.84. The molecule has 282 valence electrons. The molecule has 0 spiro atoms. The predicted octanol–water partition coefficient (Wildman–Crippen LogP) is 6.92. The summed E-state index contributed by atoms with van der Waals surface area (Å²) in [4.78, 5) is 47.2. The first-order valence-corrected chi connectivity index (χ1v) is 20.7. The topological polar surface area (TPSA) is 108 Å². The van der Waals surface area contributed by atoms with Gasteiger partial charge in [-0.25, -0.2) is 4.98 Å². The number of hydrogen-bond donors (Lipinski definition) is 1. The Bertz CT molecular complexity index is 2320. The standard InChI is InChI=1S/C43H49N5O5S/c1-27-21-31-22-29(28-11-12-28)13-15-34(31)40(50)48(27)37-10-8-9-33(35(37)26-53-42(54(6)7)43(2,3)4)32-23-36(41(51)46(5)25-32)45-38-16-14-30(24-44-38)39(49)47-17-19-52-20-18-47/h8-10,13-16,21-25,28,42H,11-12,17-20,26H2,1-7H3/p+1/t42-/m0/s1. The van der Waals surface area contributed by atoms with Gasteiger partial charge >= 0.3 is 0 Å². The smallest absolute Gasteiger partial charge is 0.274 e. The van der Waals surface area contributed by atoms with Gasteiger partial charge in [0.05, 0.1) is 43.6 Å². The van der Waals surface area contributed by atoms with Crippen LogP contribution in [0.25, 0.3) is 27.6 Å². The largest absolute Gasteiger partial charge is 0.378 e. The molecule has 1 N–H and O–H groups in total. The lowest BCUT2D eigenvalue weighted by molar-refractivity contribution is 0.0302. The van der Waals surface area contributed by atoms with E-state index in [0.717, 1.165) is 33.5 Å². The first-order valence-electron chi connectivity index (χ1n) is 18.6. The normalized spacial score (nSPS) is 15.5. The lowest BCUT2D eigenvalue weighted by atomic mass is 9.97. The van der Waals surface area contributed by atoms with Crippen LogP contribution < -0.4 is 16.4 Å². The fraction of sp³-hybridized carbons (Fsp3) is 0.395. The van der Waals surface area contributed by atoms with Crippen molar-refractivity contribution in [3.05, 3.63) is 116 Å². The number of amides is 1. The van der Waals surface area contributed by atoms with E-state index >= 15 is 0 Å². The van der Waals surface area contributed by atoms with Crippen LogP contribution in [0.3, 0.4) is 0 Å². The summed E-state index contributed by atoms with van der Waals surface area (Å²) >= 11 is 0. The summed E-state index contributed by atoms with van der Waals surface area (Å²) in [5.41, 5.74) is 5.70. The Hall–Kier alpha value is -4.71. The molecule has 3 aromatic heterocycles. The Labute approximate surface area is 319 Å². The van der Waals surface area contributed by atoms with Crippen LogP contribution >= 0.6 is 0 Å². The van der Waals surface area contributed by atoms with Crippen LogP contribution in [0, 0.1) is 12.3 Å². The van der Waals surface area contributed by atoms with Gasteiger partial charge in [0.2, 0.25) is 5.44 Å². The van der Waals surface area contributed by atoms with Crippen LogP contribution in [-0.2, 0) is 34.0 Å². The first kappa shape index (κ1) is 37.6. The number of benzene rings is 2. The van der Waals surface area contributed by atoms with E-state index in [2.05, 4.69) is 61.8 Å². The van der Waals surface area contributed by atoms with Crippen LogP contribution in [-0.4, -0.2) is 69.2 Å². The van der Waals surface area contributed by atoms with Gasteiger partial charge in [0.25, 0.3) is 17.0 Å². The number of hydrogen-bond acceptors (Lipinski definition) is 7. The second-order valence-electron chi connectivity index (χ2n) is 15.8. The SMILES string of the molecule is Cc1cc2cc(C3CC3)ccc2c(=O)n1-c1cccc(-c2cc(Nc3ccc(C(=O)N4CCOCC4)cn3)c(=O)n(C)c2)c1CO[C@@H]([S+](C)C)C(C)(C)C. The third kappa shape index (κ3) is 7.76. The first-order chi connectivity index (χ1) is 25.8. The summed E-state index contributed by atoms with van der Waals surface area (Å²) < 4.78 is 15.5. The summed E-state index contributed by atoms with van der Waals surface area (Å²) in [6.07, 6.45) is 10.1. The number of nitrogens with one attached hydrogen (secondary N) is 1. The van der Waals surface area contributed by atoms with Crippen molar-refractivity contribution in [3.63, 3.8) is 0 Å². The molecule has 1 aliphatic carbocycles. The molecule has 5 aromatic rings. The van der Waals surface area contributed by atoms with E-state index in [1.165, 1.54) is 24.6 Å². The van der Waals surface area contributed by atoms with Crippen molar-refractivity contribution in [3.8, 4) is 16.8 Å². The molecule has 4 heterocycles. The molecule has 54 heavy (non-hydrogen) atoms. The van der Waals surface area contributed by atoms with Gasteiger partial charge in [0.15, 0.2) is 0 Å². The quantitative estimate of drug-likeness (QED) is 0.155. The predicted molar refractivity (Wildman–Crippen MR) is 218 cm³/mol. The molecular weight excluding hydrogens is 699 g/mol.